The molecule has 0 atom stereocenters. The molecule has 0 saturated heterocycles. The number of fused-ring (bicyclic) bond motifs is 1. The molecule has 2 aromatic rings. The van der Waals surface area contributed by atoms with E-state index in [2.05, 4.69) is 71.9 Å². The van der Waals surface area contributed by atoms with Crippen molar-refractivity contribution in [2.24, 2.45) is 0 Å². The van der Waals surface area contributed by atoms with Crippen LogP contribution in [0.3, 0.4) is 0 Å². The van der Waals surface area contributed by atoms with Gasteiger partial charge in [-0.1, -0.05) is 6.07 Å². The summed E-state index contributed by atoms with van der Waals surface area (Å²) >= 11 is 1.51. The molecule has 1 aliphatic carbocycles. The normalized spacial score (nSPS) is 11.7. The van der Waals surface area contributed by atoms with E-state index in [-0.39, 0.29) is 24.8 Å². The van der Waals surface area contributed by atoms with E-state index in [0.29, 0.717) is 13.2 Å². The SMILES string of the molecule is C[CH]=[Zr+2].C[Si](C)(C)OCCOC1=CC[C-]=C1.[Cl-].[Cl-].c1ccc2[cH-]ccc2c1. The molecule has 3 rings (SSSR count). The molecule has 2 aromatic carbocycles. The van der Waals surface area contributed by atoms with Crippen LogP contribution in [0.15, 0.2) is 60.4 Å². The number of benzene rings is 1. The van der Waals surface area contributed by atoms with E-state index in [0.717, 1.165) is 12.2 Å². The zero-order valence-corrected chi connectivity index (χ0v) is 21.4. The first-order chi connectivity index (χ1) is 12.0. The first-order valence-electron chi connectivity index (χ1n) is 8.55. The van der Waals surface area contributed by atoms with Crippen molar-refractivity contribution < 1.29 is 58.2 Å². The van der Waals surface area contributed by atoms with E-state index < -0.39 is 8.32 Å². The van der Waals surface area contributed by atoms with Crippen LogP contribution in [-0.2, 0) is 33.4 Å². The van der Waals surface area contributed by atoms with Crippen molar-refractivity contribution in [2.45, 2.75) is 33.0 Å². The quantitative estimate of drug-likeness (QED) is 0.310. The van der Waals surface area contributed by atoms with Crippen molar-refractivity contribution in [3.63, 3.8) is 0 Å². The van der Waals surface area contributed by atoms with Gasteiger partial charge in [-0.2, -0.15) is 23.6 Å². The second-order valence-corrected chi connectivity index (χ2v) is 12.3. The fraction of sp³-hybridized carbons (Fsp3) is 0.333. The Hall–Kier alpha value is -0.380. The van der Waals surface area contributed by atoms with Gasteiger partial charge in [-0.3, -0.25) is 6.08 Å². The minimum atomic E-state index is -1.36. The predicted octanol–water partition coefficient (Wildman–Crippen LogP) is -0.577. The fourth-order valence-corrected chi connectivity index (χ4v) is 2.75. The van der Waals surface area contributed by atoms with Gasteiger partial charge in [0.05, 0.1) is 13.2 Å². The smallest absolute Gasteiger partial charge is 0.183 e. The summed E-state index contributed by atoms with van der Waals surface area (Å²) < 4.78 is 13.2. The second kappa shape index (κ2) is 16.6. The van der Waals surface area contributed by atoms with E-state index >= 15 is 0 Å². The first kappa shape index (κ1) is 28.8. The van der Waals surface area contributed by atoms with Gasteiger partial charge in [-0.15, -0.1) is 42.1 Å². The fourth-order valence-electron chi connectivity index (χ4n) is 2.06. The van der Waals surface area contributed by atoms with Gasteiger partial charge in [-0.25, -0.2) is 0 Å². The molecule has 0 amide bonds. The number of hydrogen-bond acceptors (Lipinski definition) is 2. The predicted molar refractivity (Wildman–Crippen MR) is 107 cm³/mol. The van der Waals surface area contributed by atoms with Crippen LogP contribution in [0.2, 0.25) is 19.6 Å². The van der Waals surface area contributed by atoms with Gasteiger partial charge in [-0.05, 0) is 25.4 Å². The molecule has 0 saturated carbocycles. The van der Waals surface area contributed by atoms with Crippen molar-refractivity contribution in [3.05, 3.63) is 66.5 Å². The van der Waals surface area contributed by atoms with E-state index in [1.807, 2.05) is 19.1 Å². The molecule has 6 heteroatoms. The van der Waals surface area contributed by atoms with E-state index in [1.165, 1.54) is 35.0 Å². The van der Waals surface area contributed by atoms with Gasteiger partial charge >= 0.3 is 34.9 Å². The molecule has 0 heterocycles. The maximum Gasteiger partial charge on any atom is 0.183 e. The zero-order chi connectivity index (χ0) is 18.5. The summed E-state index contributed by atoms with van der Waals surface area (Å²) in [7, 11) is -1.36. The van der Waals surface area contributed by atoms with Crippen LogP contribution in [-0.4, -0.2) is 25.2 Å². The van der Waals surface area contributed by atoms with E-state index in [1.54, 1.807) is 0 Å². The van der Waals surface area contributed by atoms with Crippen molar-refractivity contribution in [2.75, 3.05) is 13.2 Å². The molecule has 1 aliphatic rings. The third kappa shape index (κ3) is 14.3. The molecule has 0 aliphatic heterocycles. The molecular formula is C21H28Cl2O2SiZr-2. The van der Waals surface area contributed by atoms with Gasteiger partial charge < -0.3 is 34.0 Å². The number of allylic oxidation sites excluding steroid dienone is 3. The Morgan fingerprint density at radius 1 is 1.15 bits per heavy atom. The largest absolute Gasteiger partial charge is 1.00 e. The third-order valence-corrected chi connectivity index (χ3v) is 4.17. The van der Waals surface area contributed by atoms with Crippen LogP contribution in [0.4, 0.5) is 0 Å². The van der Waals surface area contributed by atoms with Gasteiger partial charge in [0.1, 0.15) is 0 Å². The van der Waals surface area contributed by atoms with Gasteiger partial charge in [0.15, 0.2) is 8.32 Å². The van der Waals surface area contributed by atoms with Crippen molar-refractivity contribution in [1.29, 1.82) is 0 Å². The van der Waals surface area contributed by atoms with Crippen molar-refractivity contribution in [1.82, 2.24) is 0 Å². The maximum atomic E-state index is 5.64. The monoisotopic (exact) mass is 500 g/mol. The Labute approximate surface area is 192 Å². The third-order valence-electron chi connectivity index (χ3n) is 3.10. The Morgan fingerprint density at radius 2 is 1.81 bits per heavy atom. The Bertz CT molecular complexity index is 661. The van der Waals surface area contributed by atoms with E-state index in [4.69, 9.17) is 9.16 Å². The second-order valence-electron chi connectivity index (χ2n) is 6.41. The molecule has 0 fully saturated rings. The topological polar surface area (TPSA) is 18.5 Å². The first-order valence-corrected chi connectivity index (χ1v) is 13.4. The summed E-state index contributed by atoms with van der Waals surface area (Å²) in [5, 5.41) is 2.66. The molecule has 0 unspecified atom stereocenters. The summed E-state index contributed by atoms with van der Waals surface area (Å²) in [5.41, 5.74) is 0. The molecule has 0 radical (unpaired) electrons. The number of rotatable bonds is 5. The average molecular weight is 503 g/mol. The molecule has 0 N–H and O–H groups in total. The van der Waals surface area contributed by atoms with Crippen LogP contribution in [0.25, 0.3) is 10.8 Å². The maximum absolute atomic E-state index is 5.64. The number of ether oxygens (including phenoxy) is 1. The molecule has 27 heavy (non-hydrogen) atoms. The van der Waals surface area contributed by atoms with E-state index in [9.17, 15) is 0 Å². The number of halogens is 2. The summed E-state index contributed by atoms with van der Waals surface area (Å²) in [5.74, 6) is 0.930. The van der Waals surface area contributed by atoms with Crippen LogP contribution < -0.4 is 24.8 Å². The van der Waals surface area contributed by atoms with Crippen LogP contribution in [0.5, 0.6) is 0 Å². The van der Waals surface area contributed by atoms with Crippen molar-refractivity contribution in [3.8, 4) is 0 Å². The van der Waals surface area contributed by atoms with Crippen LogP contribution in [0.1, 0.15) is 13.3 Å². The van der Waals surface area contributed by atoms with Crippen molar-refractivity contribution >= 4 is 22.8 Å². The molecule has 0 aromatic heterocycles. The van der Waals surface area contributed by atoms with Gasteiger partial charge in [0.25, 0.3) is 0 Å². The van der Waals surface area contributed by atoms with Gasteiger partial charge in [0.2, 0.25) is 0 Å². The molecule has 0 bridgehead atoms. The van der Waals surface area contributed by atoms with Crippen LogP contribution >= 0.6 is 0 Å². The Kier molecular flexibility index (Phi) is 17.7. The minimum Gasteiger partial charge on any atom is -1.00 e. The zero-order valence-electron chi connectivity index (χ0n) is 16.5. The molecule has 148 valence electrons. The molecular weight excluding hydrogens is 474 g/mol. The summed E-state index contributed by atoms with van der Waals surface area (Å²) in [4.78, 5) is 0. The molecule has 2 nitrogen and oxygen atoms in total. The summed E-state index contributed by atoms with van der Waals surface area (Å²) in [6.45, 7) is 9.91. The molecule has 0 spiro atoms. The standard InChI is InChI=1S/C10H17O2Si.C9H7.C2H4.2ClH.Zr/c1-13(2,3)12-9-8-11-10-6-4-5-7-10;1-2-5-9-7-3-6-8(9)4-1;1-2;;;/h6-7H,4,8-9H2,1-3H3;1-7H;1H,2H3;2*1H;/q2*-1;;;;+2/p-2. The van der Waals surface area contributed by atoms with Gasteiger partial charge in [0, 0.05) is 0 Å². The summed E-state index contributed by atoms with van der Waals surface area (Å²) in [6.07, 6.45) is 7.84. The Balaban J connectivity index is 0. The average Bonchev–Trinajstić information content (AvgIpc) is 3.23. The number of hydrogen-bond donors (Lipinski definition) is 0. The minimum absolute atomic E-state index is 0. The Morgan fingerprint density at radius 3 is 2.37 bits per heavy atom. The summed E-state index contributed by atoms with van der Waals surface area (Å²) in [6, 6.07) is 14.7. The van der Waals surface area contributed by atoms with Crippen LogP contribution in [0, 0.1) is 6.08 Å².